The second-order valence-electron chi connectivity index (χ2n) is 7.88. The number of pyridine rings is 1. The lowest BCUT2D eigenvalue weighted by atomic mass is 10.1. The summed E-state index contributed by atoms with van der Waals surface area (Å²) in [5.74, 6) is -0.494. The summed E-state index contributed by atoms with van der Waals surface area (Å²) >= 11 is 0. The average Bonchev–Trinajstić information content (AvgIpc) is 3.06. The van der Waals surface area contributed by atoms with Gasteiger partial charge in [0.05, 0.1) is 11.2 Å². The third kappa shape index (κ3) is 2.82. The summed E-state index contributed by atoms with van der Waals surface area (Å²) < 4.78 is 16.1. The van der Waals surface area contributed by atoms with Crippen molar-refractivity contribution in [2.75, 3.05) is 31.1 Å². The van der Waals surface area contributed by atoms with Gasteiger partial charge in [0.2, 0.25) is 5.43 Å². The van der Waals surface area contributed by atoms with E-state index < -0.39 is 0 Å². The molecule has 0 radical (unpaired) electrons. The van der Waals surface area contributed by atoms with E-state index in [0.717, 1.165) is 17.5 Å². The standard InChI is InChI=1S/C23H22FN3O2/c1-15-13-16-5-4-6-17-21(16)27(15)14-18(22(17)28)23(29)26-11-9-25(10-12-26)20-8-3-2-7-19(20)24/h2-8,14-15H,9-13H2,1H3. The Morgan fingerprint density at radius 2 is 1.79 bits per heavy atom. The molecule has 2 aliphatic rings. The number of halogens is 1. The van der Waals surface area contributed by atoms with E-state index in [2.05, 4.69) is 11.5 Å². The van der Waals surface area contributed by atoms with Gasteiger partial charge in [0.25, 0.3) is 5.91 Å². The number of para-hydroxylation sites is 2. The minimum Gasteiger partial charge on any atom is -0.366 e. The van der Waals surface area contributed by atoms with Gasteiger partial charge in [0.15, 0.2) is 0 Å². The van der Waals surface area contributed by atoms with Crippen molar-refractivity contribution >= 4 is 22.5 Å². The third-order valence-corrected chi connectivity index (χ3v) is 6.12. The lowest BCUT2D eigenvalue weighted by molar-refractivity contribution is 0.0744. The normalized spacial score (nSPS) is 18.5. The van der Waals surface area contributed by atoms with Crippen LogP contribution < -0.4 is 10.3 Å². The Hall–Kier alpha value is -3.15. The molecule has 5 rings (SSSR count). The molecule has 1 unspecified atom stereocenters. The molecule has 0 saturated carbocycles. The number of aromatic nitrogens is 1. The highest BCUT2D eigenvalue weighted by molar-refractivity contribution is 5.98. The SMILES string of the molecule is CC1Cc2cccc3c(=O)c(C(=O)N4CCN(c5ccccc5F)CC4)cn1c23. The van der Waals surface area contributed by atoms with Crippen LogP contribution in [0.4, 0.5) is 10.1 Å². The van der Waals surface area contributed by atoms with Crippen LogP contribution in [0.2, 0.25) is 0 Å². The van der Waals surface area contributed by atoms with Crippen LogP contribution in [0.1, 0.15) is 28.9 Å². The zero-order valence-electron chi connectivity index (χ0n) is 16.3. The highest BCUT2D eigenvalue weighted by Gasteiger charge is 2.28. The van der Waals surface area contributed by atoms with Crippen molar-refractivity contribution in [3.05, 3.63) is 75.8 Å². The van der Waals surface area contributed by atoms with Crippen molar-refractivity contribution < 1.29 is 9.18 Å². The van der Waals surface area contributed by atoms with Gasteiger partial charge in [-0.3, -0.25) is 9.59 Å². The van der Waals surface area contributed by atoms with Crippen LogP contribution in [0.25, 0.3) is 10.9 Å². The number of carbonyl (C=O) groups excluding carboxylic acids is 1. The number of piperazine rings is 1. The Morgan fingerprint density at radius 1 is 1.03 bits per heavy atom. The van der Waals surface area contributed by atoms with Crippen molar-refractivity contribution in [1.82, 2.24) is 9.47 Å². The molecule has 1 amide bonds. The van der Waals surface area contributed by atoms with E-state index in [0.29, 0.717) is 37.3 Å². The van der Waals surface area contributed by atoms with Gasteiger partial charge in [-0.15, -0.1) is 0 Å². The first-order valence-corrected chi connectivity index (χ1v) is 10.00. The van der Waals surface area contributed by atoms with Crippen LogP contribution in [0.3, 0.4) is 0 Å². The highest BCUT2D eigenvalue weighted by Crippen LogP contribution is 2.31. The van der Waals surface area contributed by atoms with Crippen molar-refractivity contribution in [1.29, 1.82) is 0 Å². The fourth-order valence-corrected chi connectivity index (χ4v) is 4.60. The maximum atomic E-state index is 14.1. The van der Waals surface area contributed by atoms with E-state index in [-0.39, 0.29) is 28.8 Å². The van der Waals surface area contributed by atoms with Crippen LogP contribution >= 0.6 is 0 Å². The molecule has 1 saturated heterocycles. The zero-order chi connectivity index (χ0) is 20.1. The second kappa shape index (κ2) is 6.72. The van der Waals surface area contributed by atoms with Crippen LogP contribution in [0.5, 0.6) is 0 Å². The Kier molecular flexibility index (Phi) is 4.15. The molecule has 0 aliphatic carbocycles. The summed E-state index contributed by atoms with van der Waals surface area (Å²) in [6.45, 7) is 4.09. The van der Waals surface area contributed by atoms with Gasteiger partial charge < -0.3 is 14.4 Å². The maximum absolute atomic E-state index is 14.1. The number of carbonyl (C=O) groups is 1. The number of benzene rings is 2. The van der Waals surface area contributed by atoms with Crippen LogP contribution in [0.15, 0.2) is 53.5 Å². The minimum absolute atomic E-state index is 0.200. The van der Waals surface area contributed by atoms with Crippen LogP contribution in [-0.2, 0) is 6.42 Å². The molecule has 29 heavy (non-hydrogen) atoms. The van der Waals surface area contributed by atoms with Gasteiger partial charge in [-0.25, -0.2) is 4.39 Å². The summed E-state index contributed by atoms with van der Waals surface area (Å²) in [4.78, 5) is 29.9. The lowest BCUT2D eigenvalue weighted by Gasteiger charge is -2.36. The molecule has 0 bridgehead atoms. The van der Waals surface area contributed by atoms with Crippen LogP contribution in [0, 0.1) is 5.82 Å². The number of hydrogen-bond donors (Lipinski definition) is 0. The predicted octanol–water partition coefficient (Wildman–Crippen LogP) is 3.22. The van der Waals surface area contributed by atoms with Gasteiger partial charge in [0.1, 0.15) is 11.4 Å². The van der Waals surface area contributed by atoms with Gasteiger partial charge in [-0.05, 0) is 37.1 Å². The quantitative estimate of drug-likeness (QED) is 0.674. The number of hydrogen-bond acceptors (Lipinski definition) is 3. The Balaban J connectivity index is 1.43. The topological polar surface area (TPSA) is 45.6 Å². The molecule has 0 spiro atoms. The molecule has 1 atom stereocenters. The lowest BCUT2D eigenvalue weighted by Crippen LogP contribution is -2.49. The Morgan fingerprint density at radius 3 is 2.55 bits per heavy atom. The molecule has 2 aromatic carbocycles. The summed E-state index contributed by atoms with van der Waals surface area (Å²) in [5, 5.41) is 0.614. The fourth-order valence-electron chi connectivity index (χ4n) is 4.60. The smallest absolute Gasteiger partial charge is 0.259 e. The largest absolute Gasteiger partial charge is 0.366 e. The number of nitrogens with zero attached hydrogens (tertiary/aromatic N) is 3. The molecular formula is C23H22FN3O2. The van der Waals surface area contributed by atoms with Gasteiger partial charge in [-0.1, -0.05) is 24.3 Å². The zero-order valence-corrected chi connectivity index (χ0v) is 16.3. The number of amides is 1. The average molecular weight is 391 g/mol. The highest BCUT2D eigenvalue weighted by atomic mass is 19.1. The van der Waals surface area contributed by atoms with Gasteiger partial charge in [-0.2, -0.15) is 0 Å². The van der Waals surface area contributed by atoms with E-state index in [1.165, 1.54) is 6.07 Å². The first kappa shape index (κ1) is 17.9. The molecule has 1 aromatic heterocycles. The van der Waals surface area contributed by atoms with E-state index >= 15 is 0 Å². The van der Waals surface area contributed by atoms with E-state index in [1.807, 2.05) is 29.2 Å². The van der Waals surface area contributed by atoms with Crippen molar-refractivity contribution in [3.8, 4) is 0 Å². The van der Waals surface area contributed by atoms with Crippen molar-refractivity contribution in [2.45, 2.75) is 19.4 Å². The molecule has 148 valence electrons. The van der Waals surface area contributed by atoms with Crippen LogP contribution in [-0.4, -0.2) is 41.6 Å². The monoisotopic (exact) mass is 391 g/mol. The second-order valence-corrected chi connectivity index (χ2v) is 7.88. The van der Waals surface area contributed by atoms with Crippen molar-refractivity contribution in [2.24, 2.45) is 0 Å². The minimum atomic E-state index is -0.257. The molecule has 2 aliphatic heterocycles. The third-order valence-electron chi connectivity index (χ3n) is 6.12. The summed E-state index contributed by atoms with van der Waals surface area (Å²) in [7, 11) is 0. The number of anilines is 1. The fraction of sp³-hybridized carbons (Fsp3) is 0.304. The first-order chi connectivity index (χ1) is 14.0. The van der Waals surface area contributed by atoms with Gasteiger partial charge >= 0.3 is 0 Å². The molecule has 6 heteroatoms. The molecule has 3 aromatic rings. The Bertz CT molecular complexity index is 1180. The maximum Gasteiger partial charge on any atom is 0.259 e. The van der Waals surface area contributed by atoms with E-state index in [1.54, 1.807) is 23.2 Å². The molecular weight excluding hydrogens is 369 g/mol. The van der Waals surface area contributed by atoms with E-state index in [4.69, 9.17) is 0 Å². The summed E-state index contributed by atoms with van der Waals surface area (Å²) in [6.07, 6.45) is 2.60. The predicted molar refractivity (Wildman–Crippen MR) is 111 cm³/mol. The first-order valence-electron chi connectivity index (χ1n) is 10.00. The van der Waals surface area contributed by atoms with Crippen molar-refractivity contribution in [3.63, 3.8) is 0 Å². The van der Waals surface area contributed by atoms with Gasteiger partial charge in [0, 0.05) is 43.8 Å². The number of rotatable bonds is 2. The molecule has 0 N–H and O–H groups in total. The van der Waals surface area contributed by atoms with E-state index in [9.17, 15) is 14.0 Å². The summed E-state index contributed by atoms with van der Waals surface area (Å²) in [6, 6.07) is 12.6. The molecule has 3 heterocycles. The summed E-state index contributed by atoms with van der Waals surface area (Å²) in [5.41, 5.74) is 2.69. The molecule has 5 nitrogen and oxygen atoms in total. The Labute approximate surface area is 168 Å². The molecule has 1 fully saturated rings.